The monoisotopic (exact) mass is 275 g/mol. The first-order valence-corrected chi connectivity index (χ1v) is 7.32. The van der Waals surface area contributed by atoms with E-state index in [1.54, 1.807) is 6.07 Å². The molecule has 0 amide bonds. The second kappa shape index (κ2) is 5.09. The summed E-state index contributed by atoms with van der Waals surface area (Å²) < 4.78 is 5.46. The minimum Gasteiger partial charge on any atom is -0.504 e. The first-order chi connectivity index (χ1) is 9.61. The first kappa shape index (κ1) is 13.4. The van der Waals surface area contributed by atoms with Crippen LogP contribution < -0.4 is 4.74 Å². The number of carbonyl (C=O) groups excluding carboxylic acids is 1. The zero-order valence-electron chi connectivity index (χ0n) is 12.0. The van der Waals surface area contributed by atoms with E-state index in [4.69, 9.17) is 4.74 Å². The Balaban J connectivity index is 1.95. The van der Waals surface area contributed by atoms with Crippen molar-refractivity contribution in [2.24, 2.45) is 5.92 Å². The number of hydrogen-bond donors (Lipinski definition) is 1. The molecule has 4 nitrogen and oxygen atoms in total. The van der Waals surface area contributed by atoms with E-state index < -0.39 is 0 Å². The quantitative estimate of drug-likeness (QED) is 0.921. The van der Waals surface area contributed by atoms with E-state index in [0.29, 0.717) is 30.6 Å². The van der Waals surface area contributed by atoms with Crippen molar-refractivity contribution in [2.45, 2.75) is 38.3 Å². The van der Waals surface area contributed by atoms with Gasteiger partial charge in [0.1, 0.15) is 5.78 Å². The molecular weight excluding hydrogens is 254 g/mol. The van der Waals surface area contributed by atoms with Gasteiger partial charge in [-0.1, -0.05) is 6.07 Å². The summed E-state index contributed by atoms with van der Waals surface area (Å²) in [5.74, 6) is 1.14. The molecule has 1 saturated carbocycles. The van der Waals surface area contributed by atoms with E-state index in [1.807, 2.05) is 19.1 Å². The van der Waals surface area contributed by atoms with E-state index >= 15 is 0 Å². The molecule has 1 N–H and O–H groups in total. The number of aromatic hydroxyl groups is 1. The van der Waals surface area contributed by atoms with E-state index in [9.17, 15) is 9.90 Å². The van der Waals surface area contributed by atoms with E-state index in [2.05, 4.69) is 11.9 Å². The summed E-state index contributed by atoms with van der Waals surface area (Å²) in [6.45, 7) is 2.41. The fourth-order valence-electron chi connectivity index (χ4n) is 3.66. The lowest BCUT2D eigenvalue weighted by Crippen LogP contribution is -2.52. The Morgan fingerprint density at radius 1 is 1.40 bits per heavy atom. The van der Waals surface area contributed by atoms with Crippen LogP contribution >= 0.6 is 0 Å². The first-order valence-electron chi connectivity index (χ1n) is 7.32. The molecule has 0 spiro atoms. The molecule has 4 heteroatoms. The predicted molar refractivity (Wildman–Crippen MR) is 75.9 cm³/mol. The summed E-state index contributed by atoms with van der Waals surface area (Å²) in [6.07, 6.45) is 2.78. The van der Waals surface area contributed by atoms with Crippen LogP contribution in [-0.4, -0.2) is 35.5 Å². The van der Waals surface area contributed by atoms with Gasteiger partial charge in [0.15, 0.2) is 11.5 Å². The molecule has 0 aromatic heterocycles. The molecule has 4 rings (SSSR count). The molecule has 3 fully saturated rings. The number of phenols is 1. The third kappa shape index (κ3) is 2.08. The molecule has 108 valence electrons. The topological polar surface area (TPSA) is 49.8 Å². The van der Waals surface area contributed by atoms with Crippen LogP contribution in [-0.2, 0) is 4.79 Å². The van der Waals surface area contributed by atoms with Crippen LogP contribution in [0.3, 0.4) is 0 Å². The van der Waals surface area contributed by atoms with Gasteiger partial charge in [0.05, 0.1) is 6.61 Å². The number of rotatable bonds is 3. The number of nitrogens with zero attached hydrogens (tertiary/aromatic N) is 1. The zero-order valence-corrected chi connectivity index (χ0v) is 12.0. The standard InChI is InChI=1S/C16H21NO3/c1-3-20-15-8-10(4-7-13(15)18)16-12-6-5-11(17(16)2)9-14(12)19/h4,7-8,11-12,16,18H,3,5-6,9H2,1-2H3. The summed E-state index contributed by atoms with van der Waals surface area (Å²) in [6, 6.07) is 5.94. The highest BCUT2D eigenvalue weighted by Crippen LogP contribution is 2.45. The molecular formula is C16H21NO3. The third-order valence-corrected chi connectivity index (χ3v) is 4.68. The number of benzene rings is 1. The van der Waals surface area contributed by atoms with Gasteiger partial charge in [0.25, 0.3) is 0 Å². The number of fused-ring (bicyclic) bond motifs is 3. The van der Waals surface area contributed by atoms with Gasteiger partial charge in [0, 0.05) is 24.4 Å². The maximum absolute atomic E-state index is 12.2. The van der Waals surface area contributed by atoms with Gasteiger partial charge in [-0.3, -0.25) is 9.69 Å². The molecule has 2 heterocycles. The summed E-state index contributed by atoms with van der Waals surface area (Å²) in [5, 5.41) is 9.81. The highest BCUT2D eigenvalue weighted by atomic mass is 16.5. The molecule has 3 aliphatic rings. The fraction of sp³-hybridized carbons (Fsp3) is 0.562. The van der Waals surface area contributed by atoms with Gasteiger partial charge < -0.3 is 9.84 Å². The summed E-state index contributed by atoms with van der Waals surface area (Å²) in [4.78, 5) is 14.5. The largest absolute Gasteiger partial charge is 0.504 e. The second-order valence-electron chi connectivity index (χ2n) is 5.78. The molecule has 20 heavy (non-hydrogen) atoms. The average Bonchev–Trinajstić information content (AvgIpc) is 2.43. The molecule has 3 atom stereocenters. The summed E-state index contributed by atoms with van der Waals surface area (Å²) >= 11 is 0. The van der Waals surface area contributed by atoms with Crippen LogP contribution in [0.5, 0.6) is 11.5 Å². The van der Waals surface area contributed by atoms with Crippen molar-refractivity contribution in [3.05, 3.63) is 23.8 Å². The van der Waals surface area contributed by atoms with Gasteiger partial charge in [-0.2, -0.15) is 0 Å². The van der Waals surface area contributed by atoms with Crippen molar-refractivity contribution in [3.63, 3.8) is 0 Å². The van der Waals surface area contributed by atoms with Gasteiger partial charge in [-0.05, 0) is 44.5 Å². The minimum atomic E-state index is 0.0871. The molecule has 2 aliphatic heterocycles. The lowest BCUT2D eigenvalue weighted by atomic mass is 9.72. The fourth-order valence-corrected chi connectivity index (χ4v) is 3.66. The van der Waals surface area contributed by atoms with Crippen LogP contribution in [0.25, 0.3) is 0 Å². The lowest BCUT2D eigenvalue weighted by molar-refractivity contribution is -0.136. The maximum Gasteiger partial charge on any atom is 0.161 e. The Bertz CT molecular complexity index is 528. The Kier molecular flexibility index (Phi) is 3.42. The summed E-state index contributed by atoms with van der Waals surface area (Å²) in [5.41, 5.74) is 1.07. The number of carbonyl (C=O) groups is 1. The van der Waals surface area contributed by atoms with Crippen LogP contribution in [0.1, 0.15) is 37.8 Å². The highest BCUT2D eigenvalue weighted by molar-refractivity contribution is 5.84. The number of Topliss-reactive ketones (excluding diaryl/α,β-unsaturated/α-hetero) is 1. The van der Waals surface area contributed by atoms with Crippen molar-refractivity contribution in [1.29, 1.82) is 0 Å². The molecule has 1 aliphatic carbocycles. The van der Waals surface area contributed by atoms with E-state index in [0.717, 1.165) is 18.4 Å². The smallest absolute Gasteiger partial charge is 0.161 e. The third-order valence-electron chi connectivity index (χ3n) is 4.68. The van der Waals surface area contributed by atoms with E-state index in [1.165, 1.54) is 0 Å². The van der Waals surface area contributed by atoms with Crippen molar-refractivity contribution in [2.75, 3.05) is 13.7 Å². The van der Waals surface area contributed by atoms with Crippen molar-refractivity contribution >= 4 is 5.78 Å². The van der Waals surface area contributed by atoms with Gasteiger partial charge in [-0.15, -0.1) is 0 Å². The van der Waals surface area contributed by atoms with Crippen molar-refractivity contribution in [1.82, 2.24) is 4.90 Å². The number of phenolic OH excluding ortho intramolecular Hbond substituents is 1. The molecule has 3 unspecified atom stereocenters. The van der Waals surface area contributed by atoms with E-state index in [-0.39, 0.29) is 17.7 Å². The Hall–Kier alpha value is -1.55. The lowest BCUT2D eigenvalue weighted by Gasteiger charge is -2.49. The number of ketones is 1. The zero-order chi connectivity index (χ0) is 14.3. The molecule has 1 aromatic rings. The number of ether oxygens (including phenoxy) is 1. The Morgan fingerprint density at radius 2 is 2.20 bits per heavy atom. The van der Waals surface area contributed by atoms with Gasteiger partial charge in [-0.25, -0.2) is 0 Å². The predicted octanol–water partition coefficient (Wildman–Crippen LogP) is 2.52. The Morgan fingerprint density at radius 3 is 2.90 bits per heavy atom. The minimum absolute atomic E-state index is 0.0871. The SMILES string of the molecule is CCOc1cc(C2C3CCC(CC3=O)N2C)ccc1O. The van der Waals surface area contributed by atoms with Crippen LogP contribution in [0.15, 0.2) is 18.2 Å². The average molecular weight is 275 g/mol. The maximum atomic E-state index is 12.2. The van der Waals surface area contributed by atoms with Crippen LogP contribution in [0, 0.1) is 5.92 Å². The molecule has 2 saturated heterocycles. The number of hydrogen-bond acceptors (Lipinski definition) is 4. The van der Waals surface area contributed by atoms with Crippen molar-refractivity contribution < 1.29 is 14.6 Å². The highest BCUT2D eigenvalue weighted by Gasteiger charge is 2.45. The molecule has 0 radical (unpaired) electrons. The van der Waals surface area contributed by atoms with Crippen LogP contribution in [0.4, 0.5) is 0 Å². The second-order valence-corrected chi connectivity index (χ2v) is 5.78. The molecule has 2 bridgehead atoms. The van der Waals surface area contributed by atoms with Crippen molar-refractivity contribution in [3.8, 4) is 11.5 Å². The molecule has 1 aromatic carbocycles. The van der Waals surface area contributed by atoms with Gasteiger partial charge in [0.2, 0.25) is 0 Å². The normalized spacial score (nSPS) is 29.7. The Labute approximate surface area is 119 Å². The van der Waals surface area contributed by atoms with Gasteiger partial charge >= 0.3 is 0 Å². The summed E-state index contributed by atoms with van der Waals surface area (Å²) in [7, 11) is 2.10. The number of piperidine rings is 2. The van der Waals surface area contributed by atoms with Crippen LogP contribution in [0.2, 0.25) is 0 Å².